The zero-order valence-corrected chi connectivity index (χ0v) is 16.2. The quantitative estimate of drug-likeness (QED) is 0.631. The average Bonchev–Trinajstić information content (AvgIpc) is 3.41. The molecular weight excluding hydrogens is 376 g/mol. The number of phenols is 1. The Morgan fingerprint density at radius 1 is 1.34 bits per heavy atom. The van der Waals surface area contributed by atoms with Gasteiger partial charge in [-0.25, -0.2) is 0 Å². The molecule has 2 unspecified atom stereocenters. The Balaban J connectivity index is 1.53. The molecule has 154 valence electrons. The second-order valence-electron chi connectivity index (χ2n) is 8.58. The van der Waals surface area contributed by atoms with Gasteiger partial charge in [-0.2, -0.15) is 0 Å². The fourth-order valence-electron chi connectivity index (χ4n) is 5.75. The molecule has 1 saturated carbocycles. The number of amides is 2. The fraction of sp³-hybridized carbons (Fsp3) is 0.571. The van der Waals surface area contributed by atoms with Crippen molar-refractivity contribution in [1.82, 2.24) is 10.6 Å². The van der Waals surface area contributed by atoms with Crippen molar-refractivity contribution in [2.75, 3.05) is 6.54 Å². The van der Waals surface area contributed by atoms with Crippen molar-refractivity contribution in [2.45, 2.75) is 68.5 Å². The molecule has 8 heteroatoms. The van der Waals surface area contributed by atoms with Crippen LogP contribution < -0.4 is 10.6 Å². The van der Waals surface area contributed by atoms with Gasteiger partial charge in [0.25, 0.3) is 5.91 Å². The third kappa shape index (κ3) is 2.73. The Bertz CT molecular complexity index is 916. The molecule has 2 amide bonds. The summed E-state index contributed by atoms with van der Waals surface area (Å²) in [5.41, 5.74) is 0.791. The molecular formula is C21H24N2O6. The number of piperidine rings is 1. The maximum atomic E-state index is 12.6. The molecule has 2 heterocycles. The number of nitrogens with one attached hydrogen (secondary N) is 2. The van der Waals surface area contributed by atoms with Gasteiger partial charge in [-0.3, -0.25) is 19.7 Å². The summed E-state index contributed by atoms with van der Waals surface area (Å²) >= 11 is 0. The van der Waals surface area contributed by atoms with Crippen LogP contribution in [0, 0.1) is 0 Å². The molecule has 2 saturated heterocycles. The van der Waals surface area contributed by atoms with Crippen LogP contribution in [0.25, 0.3) is 0 Å². The van der Waals surface area contributed by atoms with Gasteiger partial charge in [-0.1, -0.05) is 6.07 Å². The Labute approximate surface area is 167 Å². The first kappa shape index (κ1) is 18.7. The van der Waals surface area contributed by atoms with Gasteiger partial charge in [0, 0.05) is 31.2 Å². The van der Waals surface area contributed by atoms with E-state index in [0.717, 1.165) is 17.7 Å². The number of benzene rings is 1. The minimum atomic E-state index is -0.825. The number of hydrogen-bond donors (Lipinski definition) is 3. The molecule has 3 fully saturated rings. The van der Waals surface area contributed by atoms with E-state index < -0.39 is 35.2 Å². The van der Waals surface area contributed by atoms with Crippen LogP contribution in [0.2, 0.25) is 0 Å². The van der Waals surface area contributed by atoms with E-state index in [4.69, 9.17) is 9.47 Å². The highest BCUT2D eigenvalue weighted by Crippen LogP contribution is 2.59. The maximum Gasteiger partial charge on any atom is 0.261 e. The van der Waals surface area contributed by atoms with Crippen LogP contribution >= 0.6 is 0 Å². The molecule has 2 aliphatic heterocycles. The summed E-state index contributed by atoms with van der Waals surface area (Å²) in [6.45, 7) is 2.02. The van der Waals surface area contributed by atoms with Crippen molar-refractivity contribution in [3.63, 3.8) is 0 Å². The number of hydrogen-bond acceptors (Lipinski definition) is 7. The third-order valence-corrected chi connectivity index (χ3v) is 6.96. The molecule has 8 nitrogen and oxygen atoms in total. The monoisotopic (exact) mass is 400 g/mol. The van der Waals surface area contributed by atoms with E-state index in [9.17, 15) is 19.5 Å². The summed E-state index contributed by atoms with van der Waals surface area (Å²) in [6, 6.07) is 5.34. The van der Waals surface area contributed by atoms with E-state index in [1.807, 2.05) is 6.07 Å². The topological polar surface area (TPSA) is 117 Å². The smallest absolute Gasteiger partial charge is 0.261 e. The number of Topliss-reactive ketones (excluding diaryl/α,β-unsaturated/α-hetero) is 1. The van der Waals surface area contributed by atoms with Crippen LogP contribution in [0.15, 0.2) is 18.2 Å². The van der Waals surface area contributed by atoms with Crippen molar-refractivity contribution >= 4 is 17.6 Å². The maximum absolute atomic E-state index is 12.6. The molecule has 0 aromatic heterocycles. The van der Waals surface area contributed by atoms with E-state index in [2.05, 4.69) is 10.6 Å². The van der Waals surface area contributed by atoms with Gasteiger partial charge in [0.05, 0.1) is 5.60 Å². The van der Waals surface area contributed by atoms with Gasteiger partial charge in [-0.15, -0.1) is 0 Å². The van der Waals surface area contributed by atoms with Gasteiger partial charge in [0.2, 0.25) is 5.91 Å². The molecule has 3 N–H and O–H groups in total. The molecule has 0 radical (unpaired) electrons. The van der Waals surface area contributed by atoms with E-state index >= 15 is 0 Å². The number of carbonyl (C=O) groups is 3. The van der Waals surface area contributed by atoms with Crippen LogP contribution in [-0.4, -0.2) is 53.3 Å². The number of fused-ring (bicyclic) bond motifs is 1. The molecule has 4 aliphatic rings. The van der Waals surface area contributed by atoms with Crippen molar-refractivity contribution < 1.29 is 29.0 Å². The van der Waals surface area contributed by atoms with Crippen molar-refractivity contribution in [2.24, 2.45) is 0 Å². The van der Waals surface area contributed by atoms with E-state index in [-0.39, 0.29) is 17.6 Å². The van der Waals surface area contributed by atoms with Crippen LogP contribution in [0.5, 0.6) is 5.75 Å². The average molecular weight is 400 g/mol. The standard InChI is InChI=1S/C21H24N2O6/c1-11(24)23-18(27)17-19(28-17)29-21-5-4-14(26)10-20(21)6-7-22-16(21)8-12-2-3-13(25)9-15(12)20/h2-3,9,16-17,19,22,25H,4-8,10H2,1H3,(H,23,24,27)/t16-,17?,19?,20-,21-/m1/s1. The van der Waals surface area contributed by atoms with Crippen LogP contribution in [0.3, 0.4) is 0 Å². The summed E-state index contributed by atoms with van der Waals surface area (Å²) in [4.78, 5) is 35.9. The van der Waals surface area contributed by atoms with Gasteiger partial charge in [0.15, 0.2) is 12.4 Å². The van der Waals surface area contributed by atoms with Crippen LogP contribution in [0.1, 0.15) is 43.7 Å². The first-order chi connectivity index (χ1) is 13.8. The van der Waals surface area contributed by atoms with Crippen molar-refractivity contribution in [3.05, 3.63) is 29.3 Å². The minimum absolute atomic E-state index is 0.0258. The third-order valence-electron chi connectivity index (χ3n) is 6.96. The Morgan fingerprint density at radius 3 is 2.97 bits per heavy atom. The number of imide groups is 1. The zero-order valence-electron chi connectivity index (χ0n) is 16.2. The molecule has 2 bridgehead atoms. The Morgan fingerprint density at radius 2 is 2.17 bits per heavy atom. The number of ether oxygens (including phenoxy) is 2. The first-order valence-corrected chi connectivity index (χ1v) is 10.1. The lowest BCUT2D eigenvalue weighted by Crippen LogP contribution is -2.73. The second-order valence-corrected chi connectivity index (χ2v) is 8.58. The first-order valence-electron chi connectivity index (χ1n) is 10.1. The second kappa shape index (κ2) is 6.35. The number of rotatable bonds is 3. The predicted molar refractivity (Wildman–Crippen MR) is 100 cm³/mol. The number of carbonyl (C=O) groups excluding carboxylic acids is 3. The van der Waals surface area contributed by atoms with E-state index in [1.165, 1.54) is 6.92 Å². The molecule has 5 rings (SSSR count). The minimum Gasteiger partial charge on any atom is -0.508 e. The summed E-state index contributed by atoms with van der Waals surface area (Å²) in [6.07, 6.45) is 1.12. The summed E-state index contributed by atoms with van der Waals surface area (Å²) < 4.78 is 12.0. The highest BCUT2D eigenvalue weighted by Gasteiger charge is 2.67. The summed E-state index contributed by atoms with van der Waals surface area (Å²) in [5.74, 6) is -0.596. The molecule has 0 spiro atoms. The Kier molecular flexibility index (Phi) is 4.10. The predicted octanol–water partition coefficient (Wildman–Crippen LogP) is 0.444. The lowest BCUT2D eigenvalue weighted by Gasteiger charge is -2.62. The normalized spacial score (nSPS) is 37.3. The van der Waals surface area contributed by atoms with Crippen LogP contribution in [-0.2, 0) is 35.7 Å². The van der Waals surface area contributed by atoms with Gasteiger partial charge >= 0.3 is 0 Å². The lowest BCUT2D eigenvalue weighted by atomic mass is 9.49. The molecule has 1 aromatic rings. The summed E-state index contributed by atoms with van der Waals surface area (Å²) in [5, 5.41) is 16.0. The molecule has 1 aromatic carbocycles. The van der Waals surface area contributed by atoms with Crippen molar-refractivity contribution in [3.8, 4) is 5.75 Å². The highest BCUT2D eigenvalue weighted by molar-refractivity contribution is 5.97. The number of epoxide rings is 1. The Hall–Kier alpha value is -2.29. The van der Waals surface area contributed by atoms with Crippen LogP contribution in [0.4, 0.5) is 0 Å². The van der Waals surface area contributed by atoms with E-state index in [1.54, 1.807) is 12.1 Å². The van der Waals surface area contributed by atoms with Gasteiger partial charge in [-0.05, 0) is 49.1 Å². The van der Waals surface area contributed by atoms with Crippen molar-refractivity contribution in [1.29, 1.82) is 0 Å². The molecule has 2 aliphatic carbocycles. The number of aromatic hydroxyl groups is 1. The number of phenolic OH excluding ortho intramolecular Hbond substituents is 1. The molecule has 29 heavy (non-hydrogen) atoms. The fourth-order valence-corrected chi connectivity index (χ4v) is 5.75. The largest absolute Gasteiger partial charge is 0.508 e. The highest BCUT2D eigenvalue weighted by atomic mass is 16.8. The zero-order chi connectivity index (χ0) is 20.4. The van der Waals surface area contributed by atoms with Gasteiger partial charge < -0.3 is 19.9 Å². The SMILES string of the molecule is CC(=O)NC(=O)C1OC1O[C@@]12CCC(=O)C[C@@]13CCN[C@@H]2Cc1ccc(O)cc13. The van der Waals surface area contributed by atoms with E-state index in [0.29, 0.717) is 32.1 Å². The number of ketones is 1. The van der Waals surface area contributed by atoms with Gasteiger partial charge in [0.1, 0.15) is 11.5 Å². The summed E-state index contributed by atoms with van der Waals surface area (Å²) in [7, 11) is 0. The lowest BCUT2D eigenvalue weighted by molar-refractivity contribution is -0.193. The molecule has 5 atom stereocenters.